The Morgan fingerprint density at radius 3 is 2.32 bits per heavy atom. The van der Waals surface area contributed by atoms with Gasteiger partial charge in [0.2, 0.25) is 0 Å². The van der Waals surface area contributed by atoms with Gasteiger partial charge in [-0.3, -0.25) is 4.99 Å². The molecule has 0 heterocycles. The van der Waals surface area contributed by atoms with E-state index < -0.39 is 0 Å². The molecule has 1 heteroatoms. The van der Waals surface area contributed by atoms with E-state index in [2.05, 4.69) is 44.2 Å². The quantitative estimate of drug-likeness (QED) is 0.600. The lowest BCUT2D eigenvalue weighted by Gasteiger charge is -2.13. The summed E-state index contributed by atoms with van der Waals surface area (Å²) in [7, 11) is 0. The number of nitrogens with zero attached hydrogens (tertiary/aromatic N) is 1. The van der Waals surface area contributed by atoms with E-state index in [1.54, 1.807) is 0 Å². The molecule has 1 fully saturated rings. The number of benzene rings is 1. The van der Waals surface area contributed by atoms with Gasteiger partial charge in [0.05, 0.1) is 5.69 Å². The molecule has 0 atom stereocenters. The van der Waals surface area contributed by atoms with Crippen LogP contribution in [0, 0.1) is 0 Å². The Labute approximate surface area is 118 Å². The molecule has 1 aliphatic carbocycles. The van der Waals surface area contributed by atoms with Gasteiger partial charge < -0.3 is 0 Å². The van der Waals surface area contributed by atoms with Crippen molar-refractivity contribution in [3.8, 4) is 0 Å². The molecule has 1 aliphatic rings. The third kappa shape index (κ3) is 4.66. The number of para-hydroxylation sites is 1. The van der Waals surface area contributed by atoms with Gasteiger partial charge >= 0.3 is 0 Å². The Morgan fingerprint density at radius 2 is 1.68 bits per heavy atom. The van der Waals surface area contributed by atoms with E-state index in [0.29, 0.717) is 0 Å². The lowest BCUT2D eigenvalue weighted by molar-refractivity contribution is 0.667. The topological polar surface area (TPSA) is 12.4 Å². The van der Waals surface area contributed by atoms with Crippen LogP contribution in [0.1, 0.15) is 65.4 Å². The molecule has 0 amide bonds. The van der Waals surface area contributed by atoms with Gasteiger partial charge in [0.1, 0.15) is 0 Å². The average Bonchev–Trinajstić information content (AvgIpc) is 2.50. The SMILES string of the molecule is CC.CC=C(C)c1ccccc1N=C1CCCCC1. The van der Waals surface area contributed by atoms with E-state index in [4.69, 9.17) is 4.99 Å². The maximum Gasteiger partial charge on any atom is 0.0703 e. The zero-order valence-electron chi connectivity index (χ0n) is 12.9. The minimum atomic E-state index is 1.14. The summed E-state index contributed by atoms with van der Waals surface area (Å²) in [5.74, 6) is 0. The summed E-state index contributed by atoms with van der Waals surface area (Å²) < 4.78 is 0. The van der Waals surface area contributed by atoms with Crippen LogP contribution in [-0.2, 0) is 0 Å². The monoisotopic (exact) mass is 257 g/mol. The van der Waals surface area contributed by atoms with Gasteiger partial charge in [0, 0.05) is 11.3 Å². The van der Waals surface area contributed by atoms with Gasteiger partial charge in [-0.1, -0.05) is 44.5 Å². The molecule has 1 saturated carbocycles. The molecule has 2 rings (SSSR count). The molecular weight excluding hydrogens is 230 g/mol. The first-order chi connectivity index (χ1) is 9.31. The maximum atomic E-state index is 4.86. The molecule has 1 nitrogen and oxygen atoms in total. The average molecular weight is 257 g/mol. The van der Waals surface area contributed by atoms with E-state index in [9.17, 15) is 0 Å². The van der Waals surface area contributed by atoms with E-state index in [1.165, 1.54) is 49.0 Å². The summed E-state index contributed by atoms with van der Waals surface area (Å²) in [6.45, 7) is 8.24. The van der Waals surface area contributed by atoms with Crippen LogP contribution in [0.25, 0.3) is 5.57 Å². The largest absolute Gasteiger partial charge is 0.257 e. The van der Waals surface area contributed by atoms with Crippen LogP contribution in [0.3, 0.4) is 0 Å². The first kappa shape index (κ1) is 15.7. The minimum absolute atomic E-state index is 1.14. The Morgan fingerprint density at radius 1 is 1.05 bits per heavy atom. The summed E-state index contributed by atoms with van der Waals surface area (Å²) in [6.07, 6.45) is 8.51. The Balaban J connectivity index is 0.000000861. The number of hydrogen-bond acceptors (Lipinski definition) is 1. The highest BCUT2D eigenvalue weighted by molar-refractivity contribution is 5.89. The van der Waals surface area contributed by atoms with Crippen molar-refractivity contribution < 1.29 is 0 Å². The summed E-state index contributed by atoms with van der Waals surface area (Å²) in [5, 5.41) is 0. The van der Waals surface area contributed by atoms with Crippen molar-refractivity contribution in [3.05, 3.63) is 35.9 Å². The normalized spacial score (nSPS) is 15.6. The van der Waals surface area contributed by atoms with Gasteiger partial charge in [-0.25, -0.2) is 0 Å². The molecule has 0 aliphatic heterocycles. The molecule has 0 aromatic heterocycles. The molecule has 0 saturated heterocycles. The van der Waals surface area contributed by atoms with Crippen LogP contribution >= 0.6 is 0 Å². The second kappa shape index (κ2) is 8.68. The zero-order valence-corrected chi connectivity index (χ0v) is 12.9. The highest BCUT2D eigenvalue weighted by Crippen LogP contribution is 2.28. The number of allylic oxidation sites excluding steroid dienone is 2. The fraction of sp³-hybridized carbons (Fsp3) is 0.500. The van der Waals surface area contributed by atoms with Crippen molar-refractivity contribution in [2.45, 2.75) is 59.8 Å². The van der Waals surface area contributed by atoms with E-state index >= 15 is 0 Å². The summed E-state index contributed by atoms with van der Waals surface area (Å²) in [6, 6.07) is 8.46. The van der Waals surface area contributed by atoms with Crippen molar-refractivity contribution in [2.24, 2.45) is 4.99 Å². The lowest BCUT2D eigenvalue weighted by atomic mass is 9.98. The van der Waals surface area contributed by atoms with E-state index in [1.807, 2.05) is 13.8 Å². The van der Waals surface area contributed by atoms with Gasteiger partial charge in [-0.05, 0) is 51.2 Å². The molecule has 104 valence electrons. The maximum absolute atomic E-state index is 4.86. The predicted molar refractivity (Wildman–Crippen MR) is 87.3 cm³/mol. The van der Waals surface area contributed by atoms with E-state index in [-0.39, 0.29) is 0 Å². The molecular formula is C18H27N. The summed E-state index contributed by atoms with van der Waals surface area (Å²) >= 11 is 0. The Kier molecular flexibility index (Phi) is 7.17. The highest BCUT2D eigenvalue weighted by atomic mass is 14.8. The van der Waals surface area contributed by atoms with Crippen molar-refractivity contribution in [2.75, 3.05) is 0 Å². The summed E-state index contributed by atoms with van der Waals surface area (Å²) in [5.41, 5.74) is 5.10. The second-order valence-corrected chi connectivity index (χ2v) is 4.73. The molecule has 0 N–H and O–H groups in total. The predicted octanol–water partition coefficient (Wildman–Crippen LogP) is 6.17. The number of rotatable bonds is 2. The molecule has 19 heavy (non-hydrogen) atoms. The van der Waals surface area contributed by atoms with Crippen LogP contribution in [0.15, 0.2) is 35.3 Å². The highest BCUT2D eigenvalue weighted by Gasteiger charge is 2.08. The summed E-state index contributed by atoms with van der Waals surface area (Å²) in [4.78, 5) is 4.86. The fourth-order valence-electron chi connectivity index (χ4n) is 2.30. The minimum Gasteiger partial charge on any atom is -0.257 e. The van der Waals surface area contributed by atoms with Gasteiger partial charge in [-0.15, -0.1) is 0 Å². The van der Waals surface area contributed by atoms with Gasteiger partial charge in [0.25, 0.3) is 0 Å². The fourth-order valence-corrected chi connectivity index (χ4v) is 2.30. The second-order valence-electron chi connectivity index (χ2n) is 4.73. The van der Waals surface area contributed by atoms with E-state index in [0.717, 1.165) is 5.69 Å². The van der Waals surface area contributed by atoms with Crippen molar-refractivity contribution in [1.82, 2.24) is 0 Å². The van der Waals surface area contributed by atoms with Crippen LogP contribution in [-0.4, -0.2) is 5.71 Å². The van der Waals surface area contributed by atoms with Gasteiger partial charge in [0.15, 0.2) is 0 Å². The smallest absolute Gasteiger partial charge is 0.0703 e. The molecule has 1 aromatic carbocycles. The molecule has 0 spiro atoms. The number of aliphatic imine (C=N–C) groups is 1. The van der Waals surface area contributed by atoms with Crippen molar-refractivity contribution >= 4 is 17.0 Å². The first-order valence-electron chi connectivity index (χ1n) is 7.60. The number of hydrogen-bond donors (Lipinski definition) is 0. The lowest BCUT2D eigenvalue weighted by Crippen LogP contribution is -2.04. The first-order valence-corrected chi connectivity index (χ1v) is 7.60. The van der Waals surface area contributed by atoms with Crippen LogP contribution in [0.5, 0.6) is 0 Å². The third-order valence-corrected chi connectivity index (χ3v) is 3.47. The third-order valence-electron chi connectivity index (χ3n) is 3.47. The Hall–Kier alpha value is -1.37. The zero-order chi connectivity index (χ0) is 14.1. The standard InChI is InChI=1S/C16H21N.C2H6/c1-3-13(2)15-11-7-8-12-16(15)17-14-9-5-4-6-10-14;1-2/h3,7-8,11-12H,4-6,9-10H2,1-2H3;1-2H3. The van der Waals surface area contributed by atoms with Crippen LogP contribution < -0.4 is 0 Å². The van der Waals surface area contributed by atoms with Crippen molar-refractivity contribution in [1.29, 1.82) is 0 Å². The Bertz CT molecular complexity index is 433. The van der Waals surface area contributed by atoms with Gasteiger partial charge in [-0.2, -0.15) is 0 Å². The molecule has 0 unspecified atom stereocenters. The van der Waals surface area contributed by atoms with Crippen LogP contribution in [0.4, 0.5) is 5.69 Å². The molecule has 1 aromatic rings. The molecule has 0 bridgehead atoms. The van der Waals surface area contributed by atoms with Crippen molar-refractivity contribution in [3.63, 3.8) is 0 Å². The van der Waals surface area contributed by atoms with Crippen LogP contribution in [0.2, 0.25) is 0 Å². The molecule has 0 radical (unpaired) electrons.